The number of fused-ring (bicyclic) bond motifs is 2. The Morgan fingerprint density at radius 3 is 1.05 bits per heavy atom. The summed E-state index contributed by atoms with van der Waals surface area (Å²) in [6, 6.07) is 23.9. The molecule has 0 bridgehead atoms. The predicted molar refractivity (Wildman–Crippen MR) is 162 cm³/mol. The fraction of sp³-hybridized carbons (Fsp3) is 0.167. The van der Waals surface area contributed by atoms with E-state index in [1.54, 1.807) is 12.1 Å². The fourth-order valence-electron chi connectivity index (χ4n) is 6.02. The molecule has 0 amide bonds. The summed E-state index contributed by atoms with van der Waals surface area (Å²) in [4.78, 5) is 33.4. The van der Waals surface area contributed by atoms with Gasteiger partial charge in [-0.05, 0) is 135 Å². The molecule has 0 aliphatic heterocycles. The zero-order chi connectivity index (χ0) is 28.3. The van der Waals surface area contributed by atoms with Crippen molar-refractivity contribution in [1.82, 2.24) is 9.97 Å². The Morgan fingerprint density at radius 1 is 0.450 bits per heavy atom. The predicted octanol–water partition coefficient (Wildman–Crippen LogP) is 8.53. The van der Waals surface area contributed by atoms with Crippen molar-refractivity contribution in [1.29, 1.82) is 0 Å². The Labute approximate surface area is 234 Å². The topological polar surface area (TPSA) is 65.7 Å². The van der Waals surface area contributed by atoms with E-state index in [4.69, 9.17) is 0 Å². The van der Waals surface area contributed by atoms with Crippen molar-refractivity contribution >= 4 is 11.6 Å². The number of rotatable bonds is 5. The Morgan fingerprint density at radius 2 is 0.750 bits per heavy atom. The molecule has 4 nitrogen and oxygen atoms in total. The number of carbonyl (C=O) groups is 2. The Balaban J connectivity index is 1.28. The standard InChI is InChI=1S/C36H32N2O2/c1-19-11-21(3)27-15-25(16-28(27)22(4)12-19)35(39)33-9-7-31(37-33)32-8-10-34(38-32)36(40)26-17-29-23(5)13-20(2)14-24(6)30(29)18-26/h7-18,37-38H,1-6H3. The SMILES string of the molecule is Cc1cc(C)c2cc(C(=O)c3ccc(-c4ccc(C(=O)c5cc6c(C)cc(C)cc(C)c-6c5)[nH]4)[nH]3)cc-2c(C)c1. The lowest BCUT2D eigenvalue weighted by atomic mass is 10.1. The van der Waals surface area contributed by atoms with E-state index >= 15 is 0 Å². The van der Waals surface area contributed by atoms with E-state index in [9.17, 15) is 9.59 Å². The lowest BCUT2D eigenvalue weighted by Gasteiger charge is -1.98. The number of aromatic amines is 2. The second kappa shape index (κ2) is 9.49. The van der Waals surface area contributed by atoms with E-state index in [2.05, 4.69) is 75.8 Å². The van der Waals surface area contributed by atoms with Crippen molar-refractivity contribution in [3.05, 3.63) is 129 Å². The van der Waals surface area contributed by atoms with Gasteiger partial charge in [-0.2, -0.15) is 0 Å². The van der Waals surface area contributed by atoms with Crippen LogP contribution >= 0.6 is 0 Å². The van der Waals surface area contributed by atoms with E-state index < -0.39 is 0 Å². The number of carbonyl (C=O) groups excluding carboxylic acids is 2. The molecule has 0 atom stereocenters. The molecule has 2 aromatic rings. The van der Waals surface area contributed by atoms with Crippen molar-refractivity contribution in [2.24, 2.45) is 0 Å². The van der Waals surface area contributed by atoms with Gasteiger partial charge in [0.1, 0.15) is 0 Å². The van der Waals surface area contributed by atoms with E-state index in [0.717, 1.165) is 55.9 Å². The minimum absolute atomic E-state index is 0.0545. The van der Waals surface area contributed by atoms with Crippen molar-refractivity contribution in [3.8, 4) is 33.6 Å². The third-order valence-corrected chi connectivity index (χ3v) is 7.93. The van der Waals surface area contributed by atoms with Gasteiger partial charge < -0.3 is 9.97 Å². The maximum atomic E-state index is 13.4. The van der Waals surface area contributed by atoms with Gasteiger partial charge in [0, 0.05) is 11.1 Å². The molecule has 4 heteroatoms. The van der Waals surface area contributed by atoms with E-state index in [1.165, 1.54) is 11.1 Å². The number of hydrogen-bond acceptors (Lipinski definition) is 2. The van der Waals surface area contributed by atoms with Crippen LogP contribution in [0.1, 0.15) is 65.5 Å². The quantitative estimate of drug-likeness (QED) is 0.222. The Kier molecular flexibility index (Phi) is 6.07. The molecular weight excluding hydrogens is 492 g/mol. The number of hydrogen-bond donors (Lipinski definition) is 2. The molecule has 0 saturated heterocycles. The number of H-pyrrole nitrogens is 2. The van der Waals surface area contributed by atoms with Crippen molar-refractivity contribution in [3.63, 3.8) is 0 Å². The molecular formula is C36H32N2O2. The molecule has 2 aromatic heterocycles. The van der Waals surface area contributed by atoms with Crippen LogP contribution in [0.4, 0.5) is 0 Å². The van der Waals surface area contributed by atoms with Crippen LogP contribution in [-0.4, -0.2) is 21.5 Å². The average molecular weight is 525 g/mol. The molecule has 40 heavy (non-hydrogen) atoms. The van der Waals surface area contributed by atoms with Crippen LogP contribution < -0.4 is 0 Å². The second-order valence-electron chi connectivity index (χ2n) is 11.2. The molecule has 0 radical (unpaired) electrons. The third kappa shape index (κ3) is 4.36. The molecule has 2 N–H and O–H groups in total. The second-order valence-corrected chi connectivity index (χ2v) is 11.2. The van der Waals surface area contributed by atoms with Crippen LogP contribution in [0.5, 0.6) is 0 Å². The number of nitrogens with one attached hydrogen (secondary N) is 2. The highest BCUT2D eigenvalue weighted by atomic mass is 16.1. The van der Waals surface area contributed by atoms with Gasteiger partial charge in [0.25, 0.3) is 0 Å². The molecule has 0 unspecified atom stereocenters. The third-order valence-electron chi connectivity index (χ3n) is 7.93. The van der Waals surface area contributed by atoms with Gasteiger partial charge in [0.15, 0.2) is 0 Å². The van der Waals surface area contributed by atoms with Gasteiger partial charge >= 0.3 is 0 Å². The van der Waals surface area contributed by atoms with Gasteiger partial charge in [-0.15, -0.1) is 0 Å². The summed E-state index contributed by atoms with van der Waals surface area (Å²) in [5.41, 5.74) is 15.3. The maximum absolute atomic E-state index is 13.4. The fourth-order valence-corrected chi connectivity index (χ4v) is 6.02. The van der Waals surface area contributed by atoms with E-state index in [1.807, 2.05) is 36.4 Å². The van der Waals surface area contributed by atoms with E-state index in [-0.39, 0.29) is 11.6 Å². The maximum Gasteiger partial charge on any atom is 0.209 e. The van der Waals surface area contributed by atoms with Crippen molar-refractivity contribution < 1.29 is 9.59 Å². The first-order valence-corrected chi connectivity index (χ1v) is 13.6. The molecule has 0 saturated carbocycles. The minimum Gasteiger partial charge on any atom is -0.351 e. The van der Waals surface area contributed by atoms with Crippen LogP contribution in [-0.2, 0) is 0 Å². The summed E-state index contributed by atoms with van der Waals surface area (Å²) < 4.78 is 0. The summed E-state index contributed by atoms with van der Waals surface area (Å²) in [5, 5.41) is 0. The van der Waals surface area contributed by atoms with Crippen molar-refractivity contribution in [2.75, 3.05) is 0 Å². The minimum atomic E-state index is -0.0545. The molecule has 6 rings (SSSR count). The molecule has 2 heterocycles. The van der Waals surface area contributed by atoms with Gasteiger partial charge in [-0.1, -0.05) is 35.4 Å². The number of aryl methyl sites for hydroxylation is 6. The smallest absolute Gasteiger partial charge is 0.209 e. The molecule has 0 aromatic carbocycles. The van der Waals surface area contributed by atoms with Gasteiger partial charge in [0.05, 0.1) is 22.8 Å². The highest BCUT2D eigenvalue weighted by Gasteiger charge is 2.21. The van der Waals surface area contributed by atoms with Crippen molar-refractivity contribution in [2.45, 2.75) is 41.5 Å². The molecule has 4 aliphatic carbocycles. The monoisotopic (exact) mass is 524 g/mol. The largest absolute Gasteiger partial charge is 0.351 e. The van der Waals surface area contributed by atoms with Gasteiger partial charge in [0.2, 0.25) is 11.6 Å². The molecule has 198 valence electrons. The highest BCUT2D eigenvalue weighted by molar-refractivity contribution is 6.11. The van der Waals surface area contributed by atoms with E-state index in [0.29, 0.717) is 22.5 Å². The van der Waals surface area contributed by atoms with Gasteiger partial charge in [-0.3, -0.25) is 9.59 Å². The van der Waals surface area contributed by atoms with Crippen LogP contribution in [0.2, 0.25) is 0 Å². The Bertz CT molecular complexity index is 1680. The first-order chi connectivity index (χ1) is 19.1. The summed E-state index contributed by atoms with van der Waals surface area (Å²) in [6.07, 6.45) is 0. The van der Waals surface area contributed by atoms with Crippen LogP contribution in [0.15, 0.2) is 72.8 Å². The summed E-state index contributed by atoms with van der Waals surface area (Å²) in [7, 11) is 0. The molecule has 0 fully saturated rings. The van der Waals surface area contributed by atoms with Crippen LogP contribution in [0.25, 0.3) is 33.6 Å². The first-order valence-electron chi connectivity index (χ1n) is 13.6. The highest BCUT2D eigenvalue weighted by Crippen LogP contribution is 2.35. The summed E-state index contributed by atoms with van der Waals surface area (Å²) >= 11 is 0. The zero-order valence-electron chi connectivity index (χ0n) is 23.7. The number of aromatic nitrogens is 2. The van der Waals surface area contributed by atoms with Crippen LogP contribution in [0, 0.1) is 41.5 Å². The summed E-state index contributed by atoms with van der Waals surface area (Å²) in [5.74, 6) is -0.109. The number of ketones is 2. The van der Waals surface area contributed by atoms with Crippen LogP contribution in [0.3, 0.4) is 0 Å². The Hall–Kier alpha value is -4.70. The first kappa shape index (κ1) is 25.6. The summed E-state index contributed by atoms with van der Waals surface area (Å²) in [6.45, 7) is 12.5. The lowest BCUT2D eigenvalue weighted by Crippen LogP contribution is -2.00. The normalized spacial score (nSPS) is 11.4. The molecule has 4 aliphatic rings. The average Bonchev–Trinajstić information content (AvgIpc) is 3.70. The lowest BCUT2D eigenvalue weighted by molar-refractivity contribution is 0.102. The van der Waals surface area contributed by atoms with Gasteiger partial charge in [-0.25, -0.2) is 0 Å². The zero-order valence-corrected chi connectivity index (χ0v) is 23.7. The molecule has 0 spiro atoms.